The average Bonchev–Trinajstić information content (AvgIpc) is 2.77. The van der Waals surface area contributed by atoms with Gasteiger partial charge < -0.3 is 4.74 Å². The third-order valence-corrected chi connectivity index (χ3v) is 6.46. The van der Waals surface area contributed by atoms with Crippen LogP contribution in [0.5, 0.6) is 0 Å². The van der Waals surface area contributed by atoms with Gasteiger partial charge in [-0.25, -0.2) is 4.79 Å². The monoisotopic (exact) mass is 429 g/mol. The lowest BCUT2D eigenvalue weighted by atomic mass is 9.63. The smallest absolute Gasteiger partial charge is 0.336 e. The molecule has 2 aromatic carbocycles. The van der Waals surface area contributed by atoms with Gasteiger partial charge in [0, 0.05) is 18.1 Å². The zero-order chi connectivity index (χ0) is 22.9. The summed E-state index contributed by atoms with van der Waals surface area (Å²) >= 11 is 0. The molecule has 0 spiro atoms. The largest absolute Gasteiger partial charge is 0.463 e. The maximum atomic E-state index is 13.4. The Kier molecular flexibility index (Phi) is 6.14. The SMILES string of the molecule is CCOC(=O)C1=C(CC)N=C2CC(C)(C)CC(=O)C2C1c1ccc(-c2ccccc2)cc1. The van der Waals surface area contributed by atoms with E-state index in [0.29, 0.717) is 25.0 Å². The molecule has 2 atom stereocenters. The number of Topliss-reactive ketones (excluding diaryl/α,β-unsaturated/α-hetero) is 1. The Bertz CT molecular complexity index is 1080. The molecule has 1 aliphatic heterocycles. The van der Waals surface area contributed by atoms with Crippen molar-refractivity contribution in [3.05, 3.63) is 71.4 Å². The Morgan fingerprint density at radius 2 is 1.62 bits per heavy atom. The zero-order valence-corrected chi connectivity index (χ0v) is 19.4. The van der Waals surface area contributed by atoms with Gasteiger partial charge in [-0.05, 0) is 41.9 Å². The fraction of sp³-hybridized carbons (Fsp3) is 0.393. The van der Waals surface area contributed by atoms with Crippen LogP contribution in [-0.4, -0.2) is 24.1 Å². The fourth-order valence-electron chi connectivity index (χ4n) is 5.09. The summed E-state index contributed by atoms with van der Waals surface area (Å²) in [5.41, 5.74) is 5.29. The van der Waals surface area contributed by atoms with Crippen molar-refractivity contribution in [3.63, 3.8) is 0 Å². The minimum Gasteiger partial charge on any atom is -0.463 e. The molecule has 4 rings (SSSR count). The van der Waals surface area contributed by atoms with E-state index in [0.717, 1.165) is 34.5 Å². The Labute approximate surface area is 190 Å². The molecule has 1 aliphatic carbocycles. The van der Waals surface area contributed by atoms with Crippen LogP contribution in [0.25, 0.3) is 11.1 Å². The molecule has 0 amide bonds. The average molecular weight is 430 g/mol. The summed E-state index contributed by atoms with van der Waals surface area (Å²) in [6, 6.07) is 18.4. The van der Waals surface area contributed by atoms with E-state index in [1.807, 2.05) is 25.1 Å². The van der Waals surface area contributed by atoms with Gasteiger partial charge in [-0.1, -0.05) is 75.4 Å². The van der Waals surface area contributed by atoms with Gasteiger partial charge in [-0.3, -0.25) is 9.79 Å². The molecular formula is C28H31NO3. The normalized spacial score (nSPS) is 22.2. The highest BCUT2D eigenvalue weighted by Crippen LogP contribution is 2.47. The van der Waals surface area contributed by atoms with Gasteiger partial charge in [0.15, 0.2) is 0 Å². The number of nitrogens with zero attached hydrogens (tertiary/aromatic N) is 1. The lowest BCUT2D eigenvalue weighted by molar-refractivity contribution is -0.139. The third kappa shape index (κ3) is 4.19. The van der Waals surface area contributed by atoms with E-state index in [-0.39, 0.29) is 23.1 Å². The van der Waals surface area contributed by atoms with Gasteiger partial charge in [-0.2, -0.15) is 0 Å². The number of esters is 1. The van der Waals surface area contributed by atoms with Crippen LogP contribution in [0.15, 0.2) is 70.9 Å². The van der Waals surface area contributed by atoms with Crippen molar-refractivity contribution < 1.29 is 14.3 Å². The summed E-state index contributed by atoms with van der Waals surface area (Å²) < 4.78 is 5.44. The minimum atomic E-state index is -0.402. The van der Waals surface area contributed by atoms with Crippen molar-refractivity contribution in [1.29, 1.82) is 0 Å². The number of hydrogen-bond donors (Lipinski definition) is 0. The molecule has 0 N–H and O–H groups in total. The summed E-state index contributed by atoms with van der Waals surface area (Å²) in [5.74, 6) is -0.957. The Morgan fingerprint density at radius 3 is 2.25 bits per heavy atom. The van der Waals surface area contributed by atoms with E-state index < -0.39 is 5.92 Å². The first kappa shape index (κ1) is 22.2. The van der Waals surface area contributed by atoms with Crippen molar-refractivity contribution in [3.8, 4) is 11.1 Å². The number of carbonyl (C=O) groups is 2. The third-order valence-electron chi connectivity index (χ3n) is 6.46. The molecule has 166 valence electrons. The first-order chi connectivity index (χ1) is 15.3. The Morgan fingerprint density at radius 1 is 0.969 bits per heavy atom. The number of rotatable bonds is 5. The van der Waals surface area contributed by atoms with Crippen LogP contribution in [0.4, 0.5) is 0 Å². The van der Waals surface area contributed by atoms with E-state index in [1.54, 1.807) is 6.92 Å². The van der Waals surface area contributed by atoms with E-state index >= 15 is 0 Å². The highest BCUT2D eigenvalue weighted by atomic mass is 16.5. The molecule has 1 fully saturated rings. The van der Waals surface area contributed by atoms with Crippen molar-refractivity contribution >= 4 is 17.5 Å². The molecule has 0 radical (unpaired) electrons. The highest BCUT2D eigenvalue weighted by Gasteiger charge is 2.47. The summed E-state index contributed by atoms with van der Waals surface area (Å²) in [7, 11) is 0. The predicted octanol–water partition coefficient (Wildman–Crippen LogP) is 6.12. The summed E-state index contributed by atoms with van der Waals surface area (Å²) in [4.78, 5) is 31.3. The molecule has 4 nitrogen and oxygen atoms in total. The molecule has 4 heteroatoms. The standard InChI is InChI=1S/C28H31NO3/c1-5-21-26(27(31)32-6-2)24(25-22(29-21)16-28(3,4)17-23(25)30)20-14-12-19(13-15-20)18-10-8-7-9-11-18/h7-15,24-25H,5-6,16-17H2,1-4H3. The Balaban J connectivity index is 1.83. The maximum absolute atomic E-state index is 13.4. The van der Waals surface area contributed by atoms with Gasteiger partial charge in [0.1, 0.15) is 5.78 Å². The zero-order valence-electron chi connectivity index (χ0n) is 19.4. The molecule has 32 heavy (non-hydrogen) atoms. The second kappa shape index (κ2) is 8.85. The van der Waals surface area contributed by atoms with Crippen molar-refractivity contribution in [2.24, 2.45) is 16.3 Å². The second-order valence-corrected chi connectivity index (χ2v) is 9.46. The van der Waals surface area contributed by atoms with Crippen LogP contribution in [0, 0.1) is 11.3 Å². The number of carbonyl (C=O) groups excluding carboxylic acids is 2. The van der Waals surface area contributed by atoms with E-state index in [9.17, 15) is 9.59 Å². The fourth-order valence-corrected chi connectivity index (χ4v) is 5.09. The van der Waals surface area contributed by atoms with Crippen LogP contribution < -0.4 is 0 Å². The van der Waals surface area contributed by atoms with Crippen LogP contribution in [0.2, 0.25) is 0 Å². The number of benzene rings is 2. The molecule has 2 unspecified atom stereocenters. The van der Waals surface area contributed by atoms with Crippen molar-refractivity contribution in [1.82, 2.24) is 0 Å². The quantitative estimate of drug-likeness (QED) is 0.538. The number of allylic oxidation sites excluding steroid dienone is 1. The predicted molar refractivity (Wildman–Crippen MR) is 128 cm³/mol. The number of aliphatic imine (C=N–C) groups is 1. The first-order valence-corrected chi connectivity index (χ1v) is 11.5. The summed E-state index contributed by atoms with van der Waals surface area (Å²) in [6.45, 7) is 8.33. The number of ether oxygens (including phenoxy) is 1. The molecule has 0 saturated heterocycles. The van der Waals surface area contributed by atoms with Crippen molar-refractivity contribution in [2.45, 2.75) is 52.9 Å². The Hall–Kier alpha value is -3.01. The van der Waals surface area contributed by atoms with Gasteiger partial charge in [0.05, 0.1) is 23.8 Å². The summed E-state index contributed by atoms with van der Waals surface area (Å²) in [5, 5.41) is 0. The molecule has 2 aliphatic rings. The second-order valence-electron chi connectivity index (χ2n) is 9.46. The van der Waals surface area contributed by atoms with Crippen molar-refractivity contribution in [2.75, 3.05) is 6.61 Å². The lowest BCUT2D eigenvalue weighted by Crippen LogP contribution is -2.44. The minimum absolute atomic E-state index is 0.117. The van der Waals surface area contributed by atoms with E-state index in [1.165, 1.54) is 0 Å². The van der Waals surface area contributed by atoms with E-state index in [4.69, 9.17) is 9.73 Å². The highest BCUT2D eigenvalue weighted by molar-refractivity contribution is 6.12. The van der Waals surface area contributed by atoms with Gasteiger partial charge in [0.2, 0.25) is 0 Å². The number of fused-ring (bicyclic) bond motifs is 1. The molecule has 0 aromatic heterocycles. The van der Waals surface area contributed by atoms with Gasteiger partial charge >= 0.3 is 5.97 Å². The van der Waals surface area contributed by atoms with Gasteiger partial charge in [0.25, 0.3) is 0 Å². The van der Waals surface area contributed by atoms with Crippen LogP contribution in [0.3, 0.4) is 0 Å². The van der Waals surface area contributed by atoms with Crippen LogP contribution in [0.1, 0.15) is 58.4 Å². The summed E-state index contributed by atoms with van der Waals surface area (Å²) in [6.07, 6.45) is 1.88. The lowest BCUT2D eigenvalue weighted by Gasteiger charge is -2.41. The molecule has 2 aromatic rings. The molecule has 1 heterocycles. The number of ketones is 1. The molecule has 0 bridgehead atoms. The van der Waals surface area contributed by atoms with Crippen LogP contribution in [-0.2, 0) is 14.3 Å². The molecular weight excluding hydrogens is 398 g/mol. The maximum Gasteiger partial charge on any atom is 0.336 e. The number of hydrogen-bond acceptors (Lipinski definition) is 4. The van der Waals surface area contributed by atoms with Gasteiger partial charge in [-0.15, -0.1) is 0 Å². The van der Waals surface area contributed by atoms with E-state index in [2.05, 4.69) is 50.2 Å². The topological polar surface area (TPSA) is 55.7 Å². The molecule has 1 saturated carbocycles. The van der Waals surface area contributed by atoms with Crippen LogP contribution >= 0.6 is 0 Å². The first-order valence-electron chi connectivity index (χ1n) is 11.5.